The summed E-state index contributed by atoms with van der Waals surface area (Å²) in [5.74, 6) is 0.938. The molecule has 0 saturated heterocycles. The molecule has 0 saturated carbocycles. The van der Waals surface area contributed by atoms with Gasteiger partial charge in [0.1, 0.15) is 11.9 Å². The van der Waals surface area contributed by atoms with Crippen LogP contribution < -0.4 is 5.43 Å². The number of unbranched alkanes of at least 4 members (excludes halogenated alkanes) is 2. The largest absolute Gasteiger partial charge is 0.279 e. The molecule has 0 aromatic carbocycles. The first-order valence-corrected chi connectivity index (χ1v) is 7.37. The van der Waals surface area contributed by atoms with Crippen LogP contribution in [0.3, 0.4) is 0 Å². The van der Waals surface area contributed by atoms with E-state index in [1.807, 2.05) is 6.07 Å². The fourth-order valence-corrected chi connectivity index (χ4v) is 1.85. The van der Waals surface area contributed by atoms with Gasteiger partial charge in [-0.2, -0.15) is 5.26 Å². The first kappa shape index (κ1) is 16.9. The average Bonchev–Trinajstić information content (AvgIpc) is 2.46. The highest BCUT2D eigenvalue weighted by atomic mass is 16.2. The van der Waals surface area contributed by atoms with E-state index >= 15 is 0 Å². The molecule has 1 rings (SSSR count). The number of carbonyl (C=O) groups excluding carboxylic acids is 1. The Morgan fingerprint density at radius 3 is 2.86 bits per heavy atom. The van der Waals surface area contributed by atoms with Crippen LogP contribution in [0.2, 0.25) is 0 Å². The Bertz CT molecular complexity index is 495. The number of rotatable bonds is 8. The fourth-order valence-electron chi connectivity index (χ4n) is 1.85. The van der Waals surface area contributed by atoms with E-state index in [-0.39, 0.29) is 11.7 Å². The molecule has 1 N–H and O–H groups in total. The maximum absolute atomic E-state index is 12.3. The van der Waals surface area contributed by atoms with Gasteiger partial charge in [0.25, 0.3) is 0 Å². The van der Waals surface area contributed by atoms with Crippen molar-refractivity contribution in [2.75, 3.05) is 12.0 Å². The number of hydrogen-bond acceptors (Lipinski definition) is 5. The molecule has 1 amide bonds. The van der Waals surface area contributed by atoms with Crippen LogP contribution in [0.5, 0.6) is 0 Å². The average molecular weight is 289 g/mol. The Balaban J connectivity index is 2.72. The lowest BCUT2D eigenvalue weighted by atomic mass is 10.2. The van der Waals surface area contributed by atoms with E-state index in [0.717, 1.165) is 19.3 Å². The van der Waals surface area contributed by atoms with Crippen LogP contribution in [0, 0.1) is 17.2 Å². The van der Waals surface area contributed by atoms with Crippen molar-refractivity contribution in [3.05, 3.63) is 18.1 Å². The molecule has 0 aliphatic carbocycles. The second kappa shape index (κ2) is 8.90. The van der Waals surface area contributed by atoms with Crippen LogP contribution in [0.15, 0.2) is 12.3 Å². The van der Waals surface area contributed by atoms with Crippen molar-refractivity contribution in [1.82, 2.24) is 15.0 Å². The first-order chi connectivity index (χ1) is 10.1. The van der Waals surface area contributed by atoms with Gasteiger partial charge in [-0.3, -0.25) is 15.2 Å². The summed E-state index contributed by atoms with van der Waals surface area (Å²) < 4.78 is 0. The molecule has 1 aromatic heterocycles. The second-order valence-corrected chi connectivity index (χ2v) is 5.34. The van der Waals surface area contributed by atoms with E-state index < -0.39 is 0 Å². The number of aromatic nitrogens is 2. The molecule has 0 atom stereocenters. The quantitative estimate of drug-likeness (QED) is 0.588. The van der Waals surface area contributed by atoms with Crippen molar-refractivity contribution in [1.29, 1.82) is 5.26 Å². The van der Waals surface area contributed by atoms with Gasteiger partial charge in [-0.25, -0.2) is 9.97 Å². The number of nitrogens with zero attached hydrogens (tertiary/aromatic N) is 4. The summed E-state index contributed by atoms with van der Waals surface area (Å²) in [6, 6.07) is 3.53. The zero-order valence-electron chi connectivity index (χ0n) is 13.0. The summed E-state index contributed by atoms with van der Waals surface area (Å²) in [6.07, 6.45) is 5.04. The SMILES string of the molecule is CCCCCC(=O)N(CC(C)C)Nc1ccnc(C#N)n1. The summed E-state index contributed by atoms with van der Waals surface area (Å²) in [7, 11) is 0. The third kappa shape index (κ3) is 6.21. The summed E-state index contributed by atoms with van der Waals surface area (Å²) in [4.78, 5) is 20.1. The molecule has 0 unspecified atom stereocenters. The van der Waals surface area contributed by atoms with Gasteiger partial charge in [-0.15, -0.1) is 0 Å². The Morgan fingerprint density at radius 1 is 1.48 bits per heavy atom. The summed E-state index contributed by atoms with van der Waals surface area (Å²) in [5, 5.41) is 10.4. The van der Waals surface area contributed by atoms with Crippen molar-refractivity contribution in [2.24, 2.45) is 5.92 Å². The molecule has 0 aliphatic rings. The van der Waals surface area contributed by atoms with E-state index in [1.54, 1.807) is 11.1 Å². The van der Waals surface area contributed by atoms with Gasteiger partial charge in [0.05, 0.1) is 0 Å². The zero-order valence-corrected chi connectivity index (χ0v) is 13.0. The lowest BCUT2D eigenvalue weighted by molar-refractivity contribution is -0.130. The van der Waals surface area contributed by atoms with E-state index in [9.17, 15) is 4.79 Å². The lowest BCUT2D eigenvalue weighted by Crippen LogP contribution is -2.39. The minimum absolute atomic E-state index is 0.0502. The molecule has 6 heteroatoms. The highest BCUT2D eigenvalue weighted by Crippen LogP contribution is 2.09. The van der Waals surface area contributed by atoms with Gasteiger partial charge in [-0.1, -0.05) is 33.6 Å². The topological polar surface area (TPSA) is 81.9 Å². The second-order valence-electron chi connectivity index (χ2n) is 5.34. The normalized spacial score (nSPS) is 10.2. The smallest absolute Gasteiger partial charge is 0.240 e. The molecule has 0 radical (unpaired) electrons. The number of nitriles is 1. The molecule has 6 nitrogen and oxygen atoms in total. The molecule has 0 fully saturated rings. The maximum atomic E-state index is 12.3. The number of anilines is 1. The molecular formula is C15H23N5O. The monoisotopic (exact) mass is 289 g/mol. The Kier molecular flexibility index (Phi) is 7.16. The van der Waals surface area contributed by atoms with E-state index in [2.05, 4.69) is 36.2 Å². The van der Waals surface area contributed by atoms with Gasteiger partial charge in [0.2, 0.25) is 11.7 Å². The number of hydrogen-bond donors (Lipinski definition) is 1. The minimum atomic E-state index is 0.0502. The lowest BCUT2D eigenvalue weighted by Gasteiger charge is -2.25. The van der Waals surface area contributed by atoms with Crippen LogP contribution >= 0.6 is 0 Å². The first-order valence-electron chi connectivity index (χ1n) is 7.37. The number of carbonyl (C=O) groups is 1. The molecule has 0 aliphatic heterocycles. The molecule has 21 heavy (non-hydrogen) atoms. The van der Waals surface area contributed by atoms with Crippen molar-refractivity contribution in [3.63, 3.8) is 0 Å². The van der Waals surface area contributed by atoms with Gasteiger partial charge < -0.3 is 0 Å². The van der Waals surface area contributed by atoms with Crippen molar-refractivity contribution >= 4 is 11.7 Å². The molecule has 114 valence electrons. The predicted octanol–water partition coefficient (Wildman–Crippen LogP) is 2.74. The Labute approximate surface area is 126 Å². The van der Waals surface area contributed by atoms with Crippen LogP contribution in [0.4, 0.5) is 5.82 Å². The van der Waals surface area contributed by atoms with Crippen LogP contribution in [0.1, 0.15) is 52.3 Å². The number of hydrazine groups is 1. The van der Waals surface area contributed by atoms with E-state index in [1.165, 1.54) is 6.20 Å². The van der Waals surface area contributed by atoms with E-state index in [0.29, 0.717) is 24.7 Å². The minimum Gasteiger partial charge on any atom is -0.279 e. The third-order valence-corrected chi connectivity index (χ3v) is 2.85. The molecule has 0 bridgehead atoms. The van der Waals surface area contributed by atoms with Crippen molar-refractivity contribution in [3.8, 4) is 6.07 Å². The third-order valence-electron chi connectivity index (χ3n) is 2.85. The number of amides is 1. The predicted molar refractivity (Wildman–Crippen MR) is 81.1 cm³/mol. The van der Waals surface area contributed by atoms with Crippen molar-refractivity contribution < 1.29 is 4.79 Å². The van der Waals surface area contributed by atoms with E-state index in [4.69, 9.17) is 5.26 Å². The Morgan fingerprint density at radius 2 is 2.24 bits per heavy atom. The van der Waals surface area contributed by atoms with Gasteiger partial charge in [-0.05, 0) is 12.3 Å². The summed E-state index contributed by atoms with van der Waals surface area (Å²) in [5.41, 5.74) is 2.99. The maximum Gasteiger partial charge on any atom is 0.240 e. The Hall–Kier alpha value is -2.16. The molecule has 0 spiro atoms. The van der Waals surface area contributed by atoms with Gasteiger partial charge >= 0.3 is 0 Å². The molecule has 1 aromatic rings. The van der Waals surface area contributed by atoms with Crippen molar-refractivity contribution in [2.45, 2.75) is 46.5 Å². The highest BCUT2D eigenvalue weighted by molar-refractivity contribution is 5.77. The van der Waals surface area contributed by atoms with Crippen LogP contribution in [-0.2, 0) is 4.79 Å². The van der Waals surface area contributed by atoms with Crippen LogP contribution in [-0.4, -0.2) is 27.4 Å². The summed E-state index contributed by atoms with van der Waals surface area (Å²) in [6.45, 7) is 6.80. The van der Waals surface area contributed by atoms with Gasteiger partial charge in [0, 0.05) is 25.2 Å². The number of nitrogens with one attached hydrogen (secondary N) is 1. The molecule has 1 heterocycles. The van der Waals surface area contributed by atoms with Gasteiger partial charge in [0.15, 0.2) is 0 Å². The fraction of sp³-hybridized carbons (Fsp3) is 0.600. The summed E-state index contributed by atoms with van der Waals surface area (Å²) >= 11 is 0. The molecular weight excluding hydrogens is 266 g/mol. The highest BCUT2D eigenvalue weighted by Gasteiger charge is 2.15. The standard InChI is InChI=1S/C15H23N5O/c1-4-5-6-7-15(21)20(11-12(2)3)19-13-8-9-17-14(10-16)18-13/h8-9,12H,4-7,11H2,1-3H3,(H,17,18,19). The zero-order chi connectivity index (χ0) is 15.7. The van der Waals surface area contributed by atoms with Crippen LogP contribution in [0.25, 0.3) is 0 Å².